The van der Waals surface area contributed by atoms with Gasteiger partial charge in [-0.2, -0.15) is 0 Å². The minimum absolute atomic E-state index is 0.106. The summed E-state index contributed by atoms with van der Waals surface area (Å²) < 4.78 is 53.9. The van der Waals surface area contributed by atoms with Crippen LogP contribution >= 0.6 is 0 Å². The predicted octanol–water partition coefficient (Wildman–Crippen LogP) is 3.77. The Kier molecular flexibility index (Phi) is 8.23. The first-order valence-electron chi connectivity index (χ1n) is 12.6. The van der Waals surface area contributed by atoms with Gasteiger partial charge in [0.1, 0.15) is 17.0 Å². The lowest BCUT2D eigenvalue weighted by Gasteiger charge is -2.35. The van der Waals surface area contributed by atoms with E-state index in [1.54, 1.807) is 20.8 Å². The molecule has 2 fully saturated rings. The minimum Gasteiger partial charge on any atom is -0.490 e. The minimum atomic E-state index is -1.39. The molecule has 2 aliphatic heterocycles. The summed E-state index contributed by atoms with van der Waals surface area (Å²) in [6, 6.07) is 1.31. The van der Waals surface area contributed by atoms with Crippen LogP contribution in [0.3, 0.4) is 0 Å². The maximum Gasteiger partial charge on any atom is 0.408 e. The second kappa shape index (κ2) is 11.2. The SMILES string of the molecule is CC(C)(C)OC(=O)N[C@@]1(c2ncc(OCCC3CCNCC3)cn2)CNC[C@@H]1c1cc(F)c(F)cc1F. The molecule has 2 atom stereocenters. The smallest absolute Gasteiger partial charge is 0.408 e. The molecule has 0 radical (unpaired) electrons. The monoisotopic (exact) mass is 521 g/mol. The number of nitrogens with one attached hydrogen (secondary N) is 3. The second-order valence-corrected chi connectivity index (χ2v) is 10.6. The molecule has 202 valence electrons. The summed E-state index contributed by atoms with van der Waals surface area (Å²) in [5, 5.41) is 9.25. The molecule has 0 saturated carbocycles. The number of hydrogen-bond donors (Lipinski definition) is 3. The van der Waals surface area contributed by atoms with E-state index in [9.17, 15) is 18.0 Å². The summed E-state index contributed by atoms with van der Waals surface area (Å²) in [5.74, 6) is -3.01. The fourth-order valence-corrected chi connectivity index (χ4v) is 4.93. The van der Waals surface area contributed by atoms with Gasteiger partial charge in [0, 0.05) is 25.1 Å². The van der Waals surface area contributed by atoms with Crippen LogP contribution in [-0.4, -0.2) is 54.4 Å². The Bertz CT molecular complexity index is 1090. The van der Waals surface area contributed by atoms with Gasteiger partial charge in [-0.25, -0.2) is 27.9 Å². The van der Waals surface area contributed by atoms with E-state index in [0.29, 0.717) is 24.3 Å². The molecule has 2 aliphatic rings. The molecule has 2 saturated heterocycles. The number of nitrogens with zero attached hydrogens (tertiary/aromatic N) is 2. The van der Waals surface area contributed by atoms with Crippen molar-refractivity contribution in [3.8, 4) is 5.75 Å². The Morgan fingerprint density at radius 3 is 2.43 bits per heavy atom. The van der Waals surface area contributed by atoms with Crippen molar-refractivity contribution in [3.05, 3.63) is 53.4 Å². The van der Waals surface area contributed by atoms with Crippen LogP contribution in [0.4, 0.5) is 18.0 Å². The highest BCUT2D eigenvalue weighted by atomic mass is 19.2. The highest BCUT2D eigenvalue weighted by molar-refractivity contribution is 5.69. The Morgan fingerprint density at radius 2 is 1.76 bits per heavy atom. The van der Waals surface area contributed by atoms with E-state index in [1.807, 2.05) is 0 Å². The van der Waals surface area contributed by atoms with Crippen molar-refractivity contribution >= 4 is 6.09 Å². The van der Waals surface area contributed by atoms with E-state index in [0.717, 1.165) is 38.4 Å². The first-order valence-corrected chi connectivity index (χ1v) is 12.6. The number of carbonyl (C=O) groups is 1. The summed E-state index contributed by atoms with van der Waals surface area (Å²) in [4.78, 5) is 21.8. The van der Waals surface area contributed by atoms with Crippen LogP contribution in [0.2, 0.25) is 0 Å². The van der Waals surface area contributed by atoms with Gasteiger partial charge in [-0.15, -0.1) is 0 Å². The third-order valence-electron chi connectivity index (χ3n) is 6.77. The molecule has 0 aliphatic carbocycles. The molecule has 0 unspecified atom stereocenters. The van der Waals surface area contributed by atoms with E-state index in [2.05, 4.69) is 25.9 Å². The zero-order valence-electron chi connectivity index (χ0n) is 21.4. The van der Waals surface area contributed by atoms with Crippen LogP contribution in [0.25, 0.3) is 0 Å². The number of hydrogen-bond acceptors (Lipinski definition) is 7. The molecule has 3 N–H and O–H groups in total. The number of amides is 1. The maximum absolute atomic E-state index is 14.9. The molecular weight excluding hydrogens is 487 g/mol. The summed E-state index contributed by atoms with van der Waals surface area (Å²) >= 11 is 0. The number of piperidine rings is 1. The Hall–Kier alpha value is -2.92. The van der Waals surface area contributed by atoms with E-state index in [1.165, 1.54) is 12.4 Å². The van der Waals surface area contributed by atoms with Gasteiger partial charge in [-0.3, -0.25) is 0 Å². The molecule has 2 aromatic rings. The van der Waals surface area contributed by atoms with Crippen molar-refractivity contribution in [2.45, 2.75) is 57.1 Å². The van der Waals surface area contributed by atoms with Gasteiger partial charge in [0.25, 0.3) is 0 Å². The van der Waals surface area contributed by atoms with Crippen molar-refractivity contribution < 1.29 is 27.4 Å². The van der Waals surface area contributed by atoms with Gasteiger partial charge in [-0.05, 0) is 70.7 Å². The first-order chi connectivity index (χ1) is 17.6. The zero-order valence-corrected chi connectivity index (χ0v) is 21.4. The Balaban J connectivity index is 1.59. The molecule has 8 nitrogen and oxygen atoms in total. The highest BCUT2D eigenvalue weighted by Crippen LogP contribution is 2.40. The maximum atomic E-state index is 14.9. The molecular formula is C26H34F3N5O3. The number of benzene rings is 1. The lowest BCUT2D eigenvalue weighted by Crippen LogP contribution is -2.53. The third kappa shape index (κ3) is 6.51. The van der Waals surface area contributed by atoms with Crippen LogP contribution in [0.5, 0.6) is 5.75 Å². The predicted molar refractivity (Wildman–Crippen MR) is 131 cm³/mol. The quantitative estimate of drug-likeness (QED) is 0.478. The first kappa shape index (κ1) is 27.1. The van der Waals surface area contributed by atoms with Gasteiger partial charge in [0.05, 0.1) is 19.0 Å². The summed E-state index contributed by atoms with van der Waals surface area (Å²) in [6.45, 7) is 7.98. The summed E-state index contributed by atoms with van der Waals surface area (Å²) in [7, 11) is 0. The largest absolute Gasteiger partial charge is 0.490 e. The number of aromatic nitrogens is 2. The molecule has 0 bridgehead atoms. The lowest BCUT2D eigenvalue weighted by atomic mass is 9.80. The Labute approximate surface area is 214 Å². The fourth-order valence-electron chi connectivity index (χ4n) is 4.93. The number of alkyl carbamates (subject to hydrolysis) is 1. The molecule has 37 heavy (non-hydrogen) atoms. The van der Waals surface area contributed by atoms with Gasteiger partial charge in [0.15, 0.2) is 23.2 Å². The van der Waals surface area contributed by atoms with Gasteiger partial charge in [0.2, 0.25) is 0 Å². The van der Waals surface area contributed by atoms with Crippen molar-refractivity contribution in [2.75, 3.05) is 32.8 Å². The van der Waals surface area contributed by atoms with Crippen molar-refractivity contribution in [2.24, 2.45) is 5.92 Å². The van der Waals surface area contributed by atoms with E-state index in [-0.39, 0.29) is 24.5 Å². The topological polar surface area (TPSA) is 97.4 Å². The number of halogens is 3. The third-order valence-corrected chi connectivity index (χ3v) is 6.77. The van der Waals surface area contributed by atoms with Crippen LogP contribution in [0.15, 0.2) is 24.5 Å². The summed E-state index contributed by atoms with van der Waals surface area (Å²) in [5.41, 5.74) is -2.29. The van der Waals surface area contributed by atoms with E-state index in [4.69, 9.17) is 9.47 Å². The van der Waals surface area contributed by atoms with E-state index < -0.39 is 40.6 Å². The summed E-state index contributed by atoms with van der Waals surface area (Å²) in [6.07, 6.45) is 5.39. The van der Waals surface area contributed by atoms with Crippen molar-refractivity contribution in [1.29, 1.82) is 0 Å². The van der Waals surface area contributed by atoms with Crippen LogP contribution in [0.1, 0.15) is 57.3 Å². The molecule has 11 heteroatoms. The molecule has 3 heterocycles. The van der Waals surface area contributed by atoms with Gasteiger partial charge >= 0.3 is 6.09 Å². The standard InChI is InChI=1S/C26H34F3N5O3/c1-25(2,3)37-24(35)34-26(15-31-14-19(26)18-10-21(28)22(29)11-20(18)27)23-32-12-17(13-33-23)36-9-6-16-4-7-30-8-5-16/h10-13,16,19,30-31H,4-9,14-15H2,1-3H3,(H,34,35)/t19-,26+/m1/s1. The molecule has 1 amide bonds. The average Bonchev–Trinajstić information content (AvgIpc) is 3.25. The molecule has 4 rings (SSSR count). The van der Waals surface area contributed by atoms with Crippen molar-refractivity contribution in [3.63, 3.8) is 0 Å². The lowest BCUT2D eigenvalue weighted by molar-refractivity contribution is 0.0444. The Morgan fingerprint density at radius 1 is 1.08 bits per heavy atom. The van der Waals surface area contributed by atoms with Crippen LogP contribution in [0, 0.1) is 23.4 Å². The zero-order chi connectivity index (χ0) is 26.6. The molecule has 1 aromatic heterocycles. The number of ether oxygens (including phenoxy) is 2. The van der Waals surface area contributed by atoms with Crippen LogP contribution < -0.4 is 20.7 Å². The second-order valence-electron chi connectivity index (χ2n) is 10.6. The van der Waals surface area contributed by atoms with Crippen LogP contribution in [-0.2, 0) is 10.3 Å². The molecule has 0 spiro atoms. The average molecular weight is 522 g/mol. The normalized spacial score (nSPS) is 22.6. The van der Waals surface area contributed by atoms with Gasteiger partial charge in [-0.1, -0.05) is 0 Å². The number of rotatable bonds is 7. The highest BCUT2D eigenvalue weighted by Gasteiger charge is 2.50. The molecule has 1 aromatic carbocycles. The van der Waals surface area contributed by atoms with E-state index >= 15 is 0 Å². The van der Waals surface area contributed by atoms with Crippen molar-refractivity contribution in [1.82, 2.24) is 25.9 Å². The number of carbonyl (C=O) groups excluding carboxylic acids is 1. The van der Waals surface area contributed by atoms with Gasteiger partial charge < -0.3 is 25.4 Å². The fraction of sp³-hybridized carbons (Fsp3) is 0.577.